The Labute approximate surface area is 74.5 Å². The Morgan fingerprint density at radius 2 is 1.75 bits per heavy atom. The summed E-state index contributed by atoms with van der Waals surface area (Å²) in [5, 5.41) is 16.5. The van der Waals surface area contributed by atoms with Gasteiger partial charge in [0.1, 0.15) is 6.10 Å². The van der Waals surface area contributed by atoms with E-state index in [2.05, 4.69) is 17.1 Å². The maximum Gasteiger partial charge on any atom is 0.466 e. The molecule has 0 bridgehead atoms. The zero-order valence-corrected chi connectivity index (χ0v) is 7.73. The first-order valence-corrected chi connectivity index (χ1v) is 4.58. The molecule has 0 fully saturated rings. The van der Waals surface area contributed by atoms with Gasteiger partial charge in [0.05, 0.1) is 13.2 Å². The minimum atomic E-state index is -4.64. The lowest BCUT2D eigenvalue weighted by Crippen LogP contribution is -2.16. The summed E-state index contributed by atoms with van der Waals surface area (Å²) in [4.78, 5) is 21.6. The van der Waals surface area contributed by atoms with Crippen LogP contribution in [-0.4, -0.2) is 44.2 Å². The molecule has 0 aromatic heterocycles. The predicted molar refractivity (Wildman–Crippen MR) is 42.3 cm³/mol. The number of phosphoric acid groups is 1. The second-order valence-corrected chi connectivity index (χ2v) is 2.93. The highest BCUT2D eigenvalue weighted by Gasteiger charge is 2.00. The highest BCUT2D eigenvalue weighted by Crippen LogP contribution is 2.25. The van der Waals surface area contributed by atoms with Crippen LogP contribution < -0.4 is 0 Å². The van der Waals surface area contributed by atoms with Gasteiger partial charge in [-0.1, -0.05) is 0 Å². The Kier molecular flexibility index (Phi) is 9.85. The van der Waals surface area contributed by atoms with Crippen LogP contribution in [0.1, 0.15) is 0 Å². The number of hydrogen-bond donors (Lipinski definition) is 6. The molecule has 0 rings (SSSR count). The van der Waals surface area contributed by atoms with Crippen LogP contribution in [0.2, 0.25) is 0 Å². The van der Waals surface area contributed by atoms with Crippen LogP contribution >= 0.6 is 20.7 Å². The quantitative estimate of drug-likeness (QED) is 0.190. The zero-order valence-electron chi connectivity index (χ0n) is 5.94. The van der Waals surface area contributed by atoms with Gasteiger partial charge in [0, 0.05) is 0 Å². The molecule has 0 aliphatic heterocycles. The molecule has 0 heterocycles. The first-order valence-electron chi connectivity index (χ1n) is 2.64. The van der Waals surface area contributed by atoms with Crippen molar-refractivity contribution in [3.8, 4) is 0 Å². The fourth-order valence-electron chi connectivity index (χ4n) is 0.139. The van der Waals surface area contributed by atoms with Crippen molar-refractivity contribution in [3.63, 3.8) is 0 Å². The van der Waals surface area contributed by atoms with E-state index >= 15 is 0 Å². The molecule has 0 aromatic carbocycles. The monoisotopic (exact) mass is 222 g/mol. The maximum atomic E-state index is 8.88. The van der Waals surface area contributed by atoms with Gasteiger partial charge in [-0.3, -0.25) is 0 Å². The van der Waals surface area contributed by atoms with E-state index in [1.807, 2.05) is 0 Å². The van der Waals surface area contributed by atoms with E-state index < -0.39 is 13.9 Å². The molecule has 76 valence electrons. The third-order valence-corrected chi connectivity index (χ3v) is 0.627. The Morgan fingerprint density at radius 1 is 1.42 bits per heavy atom. The third-order valence-electron chi connectivity index (χ3n) is 0.478. The summed E-state index contributed by atoms with van der Waals surface area (Å²) in [7, 11) is -4.64. The van der Waals surface area contributed by atoms with E-state index in [9.17, 15) is 0 Å². The van der Waals surface area contributed by atoms with Gasteiger partial charge in [0.2, 0.25) is 0 Å². The molecule has 0 amide bonds. The summed E-state index contributed by atoms with van der Waals surface area (Å²) in [6, 6.07) is 0. The Hall–Kier alpha value is 0.340. The van der Waals surface area contributed by atoms with Crippen molar-refractivity contribution in [2.75, 3.05) is 13.2 Å². The predicted octanol–water partition coefficient (Wildman–Crippen LogP) is -1.73. The number of rotatable bonds is 3. The minimum absolute atomic E-state index is 0.0691. The van der Waals surface area contributed by atoms with Crippen LogP contribution in [0.3, 0.4) is 0 Å². The summed E-state index contributed by atoms with van der Waals surface area (Å²) in [6.07, 6.45) is -0.794. The van der Waals surface area contributed by atoms with E-state index in [1.165, 1.54) is 0 Å². The first-order chi connectivity index (χ1) is 5.31. The van der Waals surface area contributed by atoms with Gasteiger partial charge < -0.3 is 29.1 Å². The summed E-state index contributed by atoms with van der Waals surface area (Å²) in [5.74, 6) is 0. The van der Waals surface area contributed by atoms with Crippen molar-refractivity contribution < 1.29 is 33.6 Å². The van der Waals surface area contributed by atoms with Crippen LogP contribution in [0.25, 0.3) is 0 Å². The molecule has 7 nitrogen and oxygen atoms in total. The molecule has 9 heteroatoms. The number of hydrogen-bond acceptors (Lipinski definition) is 5. The SMILES string of the molecule is O=P(O)(O)O.OCC(O)COS. The second-order valence-electron chi connectivity index (χ2n) is 1.65. The molecule has 5 N–H and O–H groups in total. The molecule has 0 radical (unpaired) electrons. The van der Waals surface area contributed by atoms with E-state index in [0.717, 1.165) is 0 Å². The van der Waals surface area contributed by atoms with Gasteiger partial charge in [-0.2, -0.15) is 0 Å². The molecule has 1 unspecified atom stereocenters. The van der Waals surface area contributed by atoms with E-state index in [-0.39, 0.29) is 13.2 Å². The van der Waals surface area contributed by atoms with E-state index in [0.29, 0.717) is 0 Å². The number of aliphatic hydroxyl groups excluding tert-OH is 2. The standard InChI is InChI=1S/C3H8O3S.H3O4P/c4-1-3(5)2-6-7;1-5(2,3)4/h3-5,7H,1-2H2;(H3,1,2,3,4). The fraction of sp³-hybridized carbons (Fsp3) is 1.00. The molecule has 0 aromatic rings. The molecular weight excluding hydrogens is 211 g/mol. The maximum absolute atomic E-state index is 8.88. The van der Waals surface area contributed by atoms with Crippen LogP contribution in [0.15, 0.2) is 0 Å². The van der Waals surface area contributed by atoms with Crippen molar-refractivity contribution in [2.24, 2.45) is 0 Å². The van der Waals surface area contributed by atoms with Crippen LogP contribution in [0.5, 0.6) is 0 Å². The lowest BCUT2D eigenvalue weighted by Gasteiger charge is -2.00. The summed E-state index contributed by atoms with van der Waals surface area (Å²) in [6.45, 7) is -0.208. The van der Waals surface area contributed by atoms with Crippen molar-refractivity contribution in [1.29, 1.82) is 0 Å². The molecular formula is C3H11O7PS. The molecule has 0 aliphatic carbocycles. The van der Waals surface area contributed by atoms with Gasteiger partial charge in [0.25, 0.3) is 0 Å². The van der Waals surface area contributed by atoms with Crippen molar-refractivity contribution in [1.82, 2.24) is 0 Å². The summed E-state index contributed by atoms with van der Waals surface area (Å²) >= 11 is 3.34. The molecule has 0 spiro atoms. The first kappa shape index (κ1) is 14.8. The molecule has 0 saturated carbocycles. The lowest BCUT2D eigenvalue weighted by molar-refractivity contribution is 0.0611. The molecule has 1 atom stereocenters. The third kappa shape index (κ3) is 31.6. The zero-order chi connectivity index (χ0) is 10.2. The topological polar surface area (TPSA) is 127 Å². The Bertz CT molecular complexity index is 126. The molecule has 0 saturated heterocycles. The molecule has 12 heavy (non-hydrogen) atoms. The van der Waals surface area contributed by atoms with Crippen LogP contribution in [0.4, 0.5) is 0 Å². The largest absolute Gasteiger partial charge is 0.466 e. The van der Waals surface area contributed by atoms with Gasteiger partial charge in [0.15, 0.2) is 0 Å². The average molecular weight is 222 g/mol. The van der Waals surface area contributed by atoms with Gasteiger partial charge in [-0.15, -0.1) is 0 Å². The average Bonchev–Trinajstić information content (AvgIpc) is 1.85. The fourth-order valence-corrected chi connectivity index (χ4v) is 0.311. The Morgan fingerprint density at radius 3 is 1.83 bits per heavy atom. The van der Waals surface area contributed by atoms with Crippen molar-refractivity contribution in [3.05, 3.63) is 0 Å². The number of thiol groups is 1. The van der Waals surface area contributed by atoms with E-state index in [4.69, 9.17) is 29.5 Å². The second kappa shape index (κ2) is 7.96. The summed E-state index contributed by atoms with van der Waals surface area (Å²) in [5.41, 5.74) is 0. The van der Waals surface area contributed by atoms with Crippen LogP contribution in [0, 0.1) is 0 Å². The van der Waals surface area contributed by atoms with Crippen molar-refractivity contribution >= 4 is 20.7 Å². The minimum Gasteiger partial charge on any atom is -0.394 e. The van der Waals surface area contributed by atoms with Gasteiger partial charge >= 0.3 is 7.82 Å². The number of aliphatic hydroxyl groups is 2. The van der Waals surface area contributed by atoms with Gasteiger partial charge in [-0.05, 0) is 12.9 Å². The van der Waals surface area contributed by atoms with Crippen LogP contribution in [-0.2, 0) is 8.75 Å². The molecule has 0 aliphatic rings. The van der Waals surface area contributed by atoms with E-state index in [1.54, 1.807) is 0 Å². The van der Waals surface area contributed by atoms with Gasteiger partial charge in [-0.25, -0.2) is 4.57 Å². The highest BCUT2D eigenvalue weighted by atomic mass is 32.1. The highest BCUT2D eigenvalue weighted by molar-refractivity contribution is 7.75. The smallest absolute Gasteiger partial charge is 0.394 e. The normalized spacial score (nSPS) is 13.2. The summed E-state index contributed by atoms with van der Waals surface area (Å²) < 4.78 is 13.1. The lowest BCUT2D eigenvalue weighted by atomic mass is 10.4. The Balaban J connectivity index is 0. The van der Waals surface area contributed by atoms with Crippen molar-refractivity contribution in [2.45, 2.75) is 6.10 Å².